The van der Waals surface area contributed by atoms with Crippen molar-refractivity contribution in [3.8, 4) is 5.88 Å². The van der Waals surface area contributed by atoms with Gasteiger partial charge in [-0.3, -0.25) is 0 Å². The first kappa shape index (κ1) is 21.1. The number of guanidine groups is 1. The zero-order valence-corrected chi connectivity index (χ0v) is 17.1. The summed E-state index contributed by atoms with van der Waals surface area (Å²) in [6.45, 7) is 4.86. The van der Waals surface area contributed by atoms with Gasteiger partial charge in [-0.25, -0.2) is 9.98 Å². The van der Waals surface area contributed by atoms with E-state index in [1.165, 1.54) is 12.2 Å². The van der Waals surface area contributed by atoms with Crippen LogP contribution in [0.2, 0.25) is 0 Å². The summed E-state index contributed by atoms with van der Waals surface area (Å²) in [5.41, 5.74) is 2.10. The molecule has 0 aliphatic heterocycles. The Bertz CT molecular complexity index is 679. The summed E-state index contributed by atoms with van der Waals surface area (Å²) in [5.74, 6) is 2.67. The molecule has 146 valence electrons. The highest BCUT2D eigenvalue weighted by atomic mass is 32.2. The fraction of sp³-hybridized carbons (Fsp3) is 0.429. The number of thioether (sulfide) groups is 1. The summed E-state index contributed by atoms with van der Waals surface area (Å²) < 4.78 is 5.92. The highest BCUT2D eigenvalue weighted by Crippen LogP contribution is 2.17. The fourth-order valence-corrected chi connectivity index (χ4v) is 2.98. The molecule has 2 aromatic rings. The molecule has 5 nitrogen and oxygen atoms in total. The van der Waals surface area contributed by atoms with Crippen molar-refractivity contribution in [1.29, 1.82) is 0 Å². The number of nitrogens with one attached hydrogen (secondary N) is 2. The third-order valence-corrected chi connectivity index (χ3v) is 4.58. The maximum absolute atomic E-state index is 5.92. The molecule has 0 aliphatic rings. The van der Waals surface area contributed by atoms with Crippen LogP contribution in [0.1, 0.15) is 30.9 Å². The number of aliphatic imine (C=N–C) groups is 1. The van der Waals surface area contributed by atoms with E-state index >= 15 is 0 Å². The van der Waals surface area contributed by atoms with Crippen LogP contribution in [-0.4, -0.2) is 36.0 Å². The molecule has 0 spiro atoms. The van der Waals surface area contributed by atoms with Crippen molar-refractivity contribution in [3.05, 3.63) is 59.8 Å². The number of aromatic nitrogens is 1. The second-order valence-corrected chi connectivity index (χ2v) is 7.05. The van der Waals surface area contributed by atoms with Gasteiger partial charge < -0.3 is 15.4 Å². The van der Waals surface area contributed by atoms with Gasteiger partial charge >= 0.3 is 0 Å². The minimum Gasteiger partial charge on any atom is -0.473 e. The number of nitrogens with zero attached hydrogens (tertiary/aromatic N) is 2. The lowest BCUT2D eigenvalue weighted by atomic mass is 10.2. The molecule has 0 amide bonds. The van der Waals surface area contributed by atoms with Crippen molar-refractivity contribution in [2.75, 3.05) is 25.1 Å². The highest BCUT2D eigenvalue weighted by molar-refractivity contribution is 7.98. The smallest absolute Gasteiger partial charge is 0.218 e. The first-order chi connectivity index (χ1) is 13.3. The molecule has 1 aromatic heterocycles. The summed E-state index contributed by atoms with van der Waals surface area (Å²) in [5, 5.41) is 6.69. The number of hydrogen-bond donors (Lipinski definition) is 2. The van der Waals surface area contributed by atoms with Crippen molar-refractivity contribution in [1.82, 2.24) is 15.6 Å². The SMILES string of the molecule is CCNC(=NCc1cccnc1OCc1ccccc1)NCCCCSC. The van der Waals surface area contributed by atoms with E-state index in [4.69, 9.17) is 4.74 Å². The van der Waals surface area contributed by atoms with Crippen LogP contribution in [-0.2, 0) is 13.2 Å². The van der Waals surface area contributed by atoms with Crippen LogP contribution >= 0.6 is 11.8 Å². The van der Waals surface area contributed by atoms with Crippen LogP contribution in [0.15, 0.2) is 53.7 Å². The number of ether oxygens (including phenoxy) is 1. The largest absolute Gasteiger partial charge is 0.473 e. The number of hydrogen-bond acceptors (Lipinski definition) is 4. The minimum absolute atomic E-state index is 0.502. The monoisotopic (exact) mass is 386 g/mol. The molecule has 27 heavy (non-hydrogen) atoms. The summed E-state index contributed by atoms with van der Waals surface area (Å²) in [6.07, 6.45) is 6.25. The fourth-order valence-electron chi connectivity index (χ4n) is 2.48. The molecule has 0 aliphatic carbocycles. The van der Waals surface area contributed by atoms with Crippen molar-refractivity contribution < 1.29 is 4.74 Å². The Kier molecular flexibility index (Phi) is 10.2. The molecule has 0 saturated carbocycles. The number of unbranched alkanes of at least 4 members (excludes halogenated alkanes) is 1. The second kappa shape index (κ2) is 13.0. The van der Waals surface area contributed by atoms with E-state index in [9.17, 15) is 0 Å². The van der Waals surface area contributed by atoms with E-state index in [-0.39, 0.29) is 0 Å². The lowest BCUT2D eigenvalue weighted by Crippen LogP contribution is -2.37. The normalized spacial score (nSPS) is 11.3. The summed E-state index contributed by atoms with van der Waals surface area (Å²) >= 11 is 1.89. The Morgan fingerprint density at radius 1 is 1.11 bits per heavy atom. The third kappa shape index (κ3) is 8.35. The molecule has 0 radical (unpaired) electrons. The predicted octanol–water partition coefficient (Wildman–Crippen LogP) is 3.86. The molecule has 1 aromatic carbocycles. The number of pyridine rings is 1. The molecule has 6 heteroatoms. The van der Waals surface area contributed by atoms with Crippen molar-refractivity contribution in [3.63, 3.8) is 0 Å². The minimum atomic E-state index is 0.502. The van der Waals surface area contributed by atoms with Gasteiger partial charge in [0, 0.05) is 24.8 Å². The molecule has 0 saturated heterocycles. The van der Waals surface area contributed by atoms with Gasteiger partial charge in [0.05, 0.1) is 6.54 Å². The van der Waals surface area contributed by atoms with E-state index in [1.807, 2.05) is 54.2 Å². The average Bonchev–Trinajstić information content (AvgIpc) is 2.71. The topological polar surface area (TPSA) is 58.5 Å². The lowest BCUT2D eigenvalue weighted by molar-refractivity contribution is 0.290. The Balaban J connectivity index is 1.92. The first-order valence-corrected chi connectivity index (χ1v) is 10.8. The van der Waals surface area contributed by atoms with Gasteiger partial charge in [0.25, 0.3) is 0 Å². The quantitative estimate of drug-likeness (QED) is 0.349. The van der Waals surface area contributed by atoms with E-state index in [0.29, 0.717) is 19.0 Å². The van der Waals surface area contributed by atoms with Gasteiger partial charge in [-0.1, -0.05) is 36.4 Å². The molecule has 0 atom stereocenters. The Morgan fingerprint density at radius 2 is 1.96 bits per heavy atom. The van der Waals surface area contributed by atoms with Crippen molar-refractivity contribution in [2.24, 2.45) is 4.99 Å². The molecule has 2 rings (SSSR count). The molecule has 0 bridgehead atoms. The summed E-state index contributed by atoms with van der Waals surface area (Å²) in [7, 11) is 0. The van der Waals surface area contributed by atoms with Gasteiger partial charge in [-0.15, -0.1) is 0 Å². The third-order valence-electron chi connectivity index (χ3n) is 3.89. The van der Waals surface area contributed by atoms with Gasteiger partial charge in [0.1, 0.15) is 6.61 Å². The van der Waals surface area contributed by atoms with E-state index in [0.717, 1.165) is 36.6 Å². The van der Waals surface area contributed by atoms with Crippen LogP contribution in [0.25, 0.3) is 0 Å². The van der Waals surface area contributed by atoms with E-state index in [1.54, 1.807) is 6.20 Å². The molecular weight excluding hydrogens is 356 g/mol. The molecular formula is C21H30N4OS. The van der Waals surface area contributed by atoms with Crippen molar-refractivity contribution in [2.45, 2.75) is 32.9 Å². The molecule has 0 fully saturated rings. The Labute approximate surface area is 167 Å². The van der Waals surface area contributed by atoms with Crippen LogP contribution in [0.4, 0.5) is 0 Å². The Hall–Kier alpha value is -2.21. The number of rotatable bonds is 11. The molecule has 2 N–H and O–H groups in total. The zero-order chi connectivity index (χ0) is 19.2. The van der Waals surface area contributed by atoms with Crippen LogP contribution in [0.5, 0.6) is 5.88 Å². The standard InChI is InChI=1S/C21H30N4OS/c1-3-22-21(24-13-7-8-15-27-2)25-16-19-12-9-14-23-20(19)26-17-18-10-5-4-6-11-18/h4-6,9-12,14H,3,7-8,13,15-17H2,1-2H3,(H2,22,24,25). The van der Waals surface area contributed by atoms with Gasteiger partial charge in [0.2, 0.25) is 5.88 Å². The van der Waals surface area contributed by atoms with Gasteiger partial charge in [-0.2, -0.15) is 11.8 Å². The number of benzene rings is 1. The van der Waals surface area contributed by atoms with Gasteiger partial charge in [0.15, 0.2) is 5.96 Å². The summed E-state index contributed by atoms with van der Waals surface area (Å²) in [4.78, 5) is 9.07. The van der Waals surface area contributed by atoms with E-state index < -0.39 is 0 Å². The van der Waals surface area contributed by atoms with E-state index in [2.05, 4.69) is 33.8 Å². The molecule has 0 unspecified atom stereocenters. The second-order valence-electron chi connectivity index (χ2n) is 6.06. The van der Waals surface area contributed by atoms with Gasteiger partial charge in [-0.05, 0) is 43.4 Å². The zero-order valence-electron chi connectivity index (χ0n) is 16.3. The average molecular weight is 387 g/mol. The first-order valence-electron chi connectivity index (χ1n) is 9.45. The maximum Gasteiger partial charge on any atom is 0.218 e. The highest BCUT2D eigenvalue weighted by Gasteiger charge is 2.06. The lowest BCUT2D eigenvalue weighted by Gasteiger charge is -2.12. The summed E-state index contributed by atoms with van der Waals surface area (Å²) in [6, 6.07) is 14.0. The Morgan fingerprint density at radius 3 is 2.74 bits per heavy atom. The predicted molar refractivity (Wildman–Crippen MR) is 115 cm³/mol. The van der Waals surface area contributed by atoms with Crippen LogP contribution in [0, 0.1) is 0 Å². The maximum atomic E-state index is 5.92. The van der Waals surface area contributed by atoms with Crippen LogP contribution in [0.3, 0.4) is 0 Å². The van der Waals surface area contributed by atoms with Crippen molar-refractivity contribution >= 4 is 17.7 Å². The molecule has 1 heterocycles. The van der Waals surface area contributed by atoms with Crippen LogP contribution < -0.4 is 15.4 Å².